The first-order chi connectivity index (χ1) is 14.6. The summed E-state index contributed by atoms with van der Waals surface area (Å²) in [6, 6.07) is 14.8. The van der Waals surface area contributed by atoms with Crippen molar-refractivity contribution < 1.29 is 18.3 Å². The molecule has 0 amide bonds. The van der Waals surface area contributed by atoms with E-state index >= 15 is 0 Å². The van der Waals surface area contributed by atoms with Crippen molar-refractivity contribution in [3.63, 3.8) is 0 Å². The first kappa shape index (κ1) is 20.0. The Morgan fingerprint density at radius 3 is 2.47 bits per heavy atom. The highest BCUT2D eigenvalue weighted by Gasteiger charge is 2.17. The topological polar surface area (TPSA) is 65.1 Å². The minimum atomic E-state index is -0.112. The third-order valence-electron chi connectivity index (χ3n) is 4.72. The Bertz CT molecular complexity index is 1180. The molecule has 0 saturated carbocycles. The van der Waals surface area contributed by atoms with Gasteiger partial charge in [-0.25, -0.2) is 0 Å². The van der Waals surface area contributed by atoms with E-state index in [0.29, 0.717) is 47.8 Å². The summed E-state index contributed by atoms with van der Waals surface area (Å²) in [4.78, 5) is 14.8. The Kier molecular flexibility index (Phi) is 6.05. The molecule has 0 aliphatic rings. The van der Waals surface area contributed by atoms with Gasteiger partial charge in [-0.1, -0.05) is 18.2 Å². The molecule has 0 aliphatic heterocycles. The van der Waals surface area contributed by atoms with Crippen LogP contribution in [0.5, 0.6) is 11.5 Å². The number of furan rings is 1. The summed E-state index contributed by atoms with van der Waals surface area (Å²) in [7, 11) is 3.85. The number of unbranched alkanes of at least 4 members (excludes halogenated alkanes) is 1. The Balaban J connectivity index is 1.49. The number of para-hydroxylation sites is 1. The summed E-state index contributed by atoms with van der Waals surface area (Å²) < 4.78 is 23.3. The first-order valence-electron chi connectivity index (χ1n) is 10.0. The Labute approximate surface area is 174 Å². The molecule has 0 radical (unpaired) electrons. The van der Waals surface area contributed by atoms with Gasteiger partial charge >= 0.3 is 0 Å². The molecular weight excluding hydrogens is 382 g/mol. The zero-order chi connectivity index (χ0) is 20.9. The maximum atomic E-state index is 12.9. The van der Waals surface area contributed by atoms with Crippen molar-refractivity contribution in [2.45, 2.75) is 19.4 Å². The lowest BCUT2D eigenvalue weighted by Gasteiger charge is -2.12. The van der Waals surface area contributed by atoms with E-state index in [1.54, 1.807) is 12.3 Å². The summed E-state index contributed by atoms with van der Waals surface area (Å²) in [5.74, 6) is 1.98. The van der Waals surface area contributed by atoms with E-state index < -0.39 is 0 Å². The lowest BCUT2D eigenvalue weighted by Crippen LogP contribution is -2.13. The highest BCUT2D eigenvalue weighted by Crippen LogP contribution is 2.34. The second-order valence-corrected chi connectivity index (χ2v) is 7.44. The zero-order valence-corrected chi connectivity index (χ0v) is 17.2. The summed E-state index contributed by atoms with van der Waals surface area (Å²) in [6.07, 6.45) is 3.23. The predicted octanol–water partition coefficient (Wildman–Crippen LogP) is 4.84. The normalized spacial score (nSPS) is 11.4. The van der Waals surface area contributed by atoms with Crippen molar-refractivity contribution in [2.24, 2.45) is 0 Å². The van der Waals surface area contributed by atoms with Crippen LogP contribution in [0.2, 0.25) is 0 Å². The Morgan fingerprint density at radius 1 is 0.933 bits per heavy atom. The van der Waals surface area contributed by atoms with Gasteiger partial charge in [0.15, 0.2) is 5.43 Å². The van der Waals surface area contributed by atoms with Crippen LogP contribution < -0.4 is 14.9 Å². The van der Waals surface area contributed by atoms with Crippen molar-refractivity contribution in [1.82, 2.24) is 4.90 Å². The monoisotopic (exact) mass is 407 g/mol. The number of benzene rings is 2. The molecule has 2 aromatic heterocycles. The molecule has 0 atom stereocenters. The number of ether oxygens (including phenoxy) is 2. The van der Waals surface area contributed by atoms with Crippen molar-refractivity contribution in [1.29, 1.82) is 0 Å². The molecule has 0 fully saturated rings. The van der Waals surface area contributed by atoms with Gasteiger partial charge in [0.1, 0.15) is 33.8 Å². The standard InChI is InChI=1S/C24H25NO5/c1-25(2)16-18-14-20(26)23-22(30-18)15-21-19(10-13-28-21)24(23)29-12-7-6-11-27-17-8-4-3-5-9-17/h3-5,8-10,13-15H,6-7,11-12,16H2,1-2H3. The molecule has 2 aromatic carbocycles. The van der Waals surface area contributed by atoms with Gasteiger partial charge in [-0.2, -0.15) is 0 Å². The van der Waals surface area contributed by atoms with Crippen molar-refractivity contribution >= 4 is 21.9 Å². The largest absolute Gasteiger partial charge is 0.494 e. The van der Waals surface area contributed by atoms with Crippen LogP contribution in [0.15, 0.2) is 68.4 Å². The van der Waals surface area contributed by atoms with E-state index in [1.165, 1.54) is 6.07 Å². The minimum absolute atomic E-state index is 0.112. The van der Waals surface area contributed by atoms with Crippen molar-refractivity contribution in [3.8, 4) is 11.5 Å². The summed E-state index contributed by atoms with van der Waals surface area (Å²) >= 11 is 0. The Hall–Kier alpha value is -3.25. The number of nitrogens with zero attached hydrogens (tertiary/aromatic N) is 1. The van der Waals surface area contributed by atoms with Gasteiger partial charge in [-0.05, 0) is 45.1 Å². The molecule has 6 nitrogen and oxygen atoms in total. The van der Waals surface area contributed by atoms with E-state index in [1.807, 2.05) is 55.4 Å². The quantitative estimate of drug-likeness (QED) is 0.370. The van der Waals surface area contributed by atoms with Crippen LogP contribution in [-0.4, -0.2) is 32.2 Å². The number of hydrogen-bond donors (Lipinski definition) is 0. The van der Waals surface area contributed by atoms with Gasteiger partial charge in [0.05, 0.1) is 31.4 Å². The third-order valence-corrected chi connectivity index (χ3v) is 4.72. The van der Waals surface area contributed by atoms with Gasteiger partial charge in [0, 0.05) is 12.1 Å². The SMILES string of the molecule is CN(C)Cc1cc(=O)c2c(OCCCCOc3ccccc3)c3ccoc3cc2o1. The molecule has 0 aliphatic carbocycles. The van der Waals surface area contributed by atoms with E-state index in [-0.39, 0.29) is 5.43 Å². The number of hydrogen-bond acceptors (Lipinski definition) is 6. The van der Waals surface area contributed by atoms with E-state index in [2.05, 4.69) is 0 Å². The van der Waals surface area contributed by atoms with Crippen molar-refractivity contribution in [3.05, 3.63) is 70.8 Å². The fraction of sp³-hybridized carbons (Fsp3) is 0.292. The average Bonchev–Trinajstić information content (AvgIpc) is 3.18. The smallest absolute Gasteiger partial charge is 0.196 e. The molecule has 0 N–H and O–H groups in total. The van der Waals surface area contributed by atoms with Crippen LogP contribution in [0, 0.1) is 0 Å². The molecule has 2 heterocycles. The van der Waals surface area contributed by atoms with Crippen LogP contribution in [0.4, 0.5) is 0 Å². The summed E-state index contributed by atoms with van der Waals surface area (Å²) in [5.41, 5.74) is 0.998. The van der Waals surface area contributed by atoms with Crippen LogP contribution in [0.3, 0.4) is 0 Å². The molecule has 6 heteroatoms. The zero-order valence-electron chi connectivity index (χ0n) is 17.2. The maximum absolute atomic E-state index is 12.9. The molecule has 0 spiro atoms. The fourth-order valence-corrected chi connectivity index (χ4v) is 3.39. The third kappa shape index (κ3) is 4.49. The van der Waals surface area contributed by atoms with E-state index in [0.717, 1.165) is 24.0 Å². The fourth-order valence-electron chi connectivity index (χ4n) is 3.39. The number of fused-ring (bicyclic) bond motifs is 2. The Morgan fingerprint density at radius 2 is 1.70 bits per heavy atom. The molecule has 156 valence electrons. The molecule has 30 heavy (non-hydrogen) atoms. The molecule has 4 aromatic rings. The van der Waals surface area contributed by atoms with Gasteiger partial charge in [-0.3, -0.25) is 4.79 Å². The molecule has 4 rings (SSSR count). The molecule has 0 saturated heterocycles. The number of rotatable bonds is 9. The maximum Gasteiger partial charge on any atom is 0.196 e. The summed E-state index contributed by atoms with van der Waals surface area (Å²) in [5, 5.41) is 1.22. The van der Waals surface area contributed by atoms with Gasteiger partial charge in [0.25, 0.3) is 0 Å². The molecule has 0 bridgehead atoms. The van der Waals surface area contributed by atoms with Gasteiger partial charge in [-0.15, -0.1) is 0 Å². The molecule has 0 unspecified atom stereocenters. The van der Waals surface area contributed by atoms with Gasteiger partial charge in [0.2, 0.25) is 0 Å². The van der Waals surface area contributed by atoms with E-state index in [4.69, 9.17) is 18.3 Å². The van der Waals surface area contributed by atoms with Gasteiger partial charge < -0.3 is 23.2 Å². The lowest BCUT2D eigenvalue weighted by atomic mass is 10.1. The van der Waals surface area contributed by atoms with E-state index in [9.17, 15) is 4.79 Å². The minimum Gasteiger partial charge on any atom is -0.494 e. The molecular formula is C24H25NO5. The first-order valence-corrected chi connectivity index (χ1v) is 10.0. The summed E-state index contributed by atoms with van der Waals surface area (Å²) in [6.45, 7) is 1.62. The average molecular weight is 407 g/mol. The van der Waals surface area contributed by atoms with Crippen LogP contribution in [-0.2, 0) is 6.54 Å². The second kappa shape index (κ2) is 9.05. The van der Waals surface area contributed by atoms with Crippen LogP contribution in [0.1, 0.15) is 18.6 Å². The van der Waals surface area contributed by atoms with Crippen LogP contribution >= 0.6 is 0 Å². The lowest BCUT2D eigenvalue weighted by molar-refractivity contribution is 0.269. The second-order valence-electron chi connectivity index (χ2n) is 7.44. The van der Waals surface area contributed by atoms with Crippen LogP contribution in [0.25, 0.3) is 21.9 Å². The van der Waals surface area contributed by atoms with Crippen molar-refractivity contribution in [2.75, 3.05) is 27.3 Å². The highest BCUT2D eigenvalue weighted by atomic mass is 16.5. The highest BCUT2D eigenvalue weighted by molar-refractivity contribution is 6.01. The predicted molar refractivity (Wildman–Crippen MR) is 116 cm³/mol.